The highest BCUT2D eigenvalue weighted by Crippen LogP contribution is 2.22. The van der Waals surface area contributed by atoms with Gasteiger partial charge in [-0.1, -0.05) is 6.92 Å². The molecule has 0 saturated carbocycles. The van der Waals surface area contributed by atoms with Gasteiger partial charge in [0.2, 0.25) is 10.0 Å². The number of nitrogens with one attached hydrogen (secondary N) is 1. The maximum atomic E-state index is 11.5. The summed E-state index contributed by atoms with van der Waals surface area (Å²) < 4.78 is 24.7. The number of sulfonamides is 1. The van der Waals surface area contributed by atoms with Gasteiger partial charge >= 0.3 is 0 Å². The molecule has 1 N–H and O–H groups in total. The average Bonchev–Trinajstić information content (AvgIpc) is 2.01. The second-order valence-electron chi connectivity index (χ2n) is 3.77. The first-order valence-electron chi connectivity index (χ1n) is 4.30. The van der Waals surface area contributed by atoms with Gasteiger partial charge in [-0.25, -0.2) is 8.42 Å². The minimum atomic E-state index is -2.90. The van der Waals surface area contributed by atoms with E-state index in [1.165, 1.54) is 0 Å². The number of nitrogens with zero attached hydrogens (tertiary/aromatic N) is 1. The molecule has 0 aliphatic carbocycles. The quantitative estimate of drug-likeness (QED) is 0.591. The fourth-order valence-electron chi connectivity index (χ4n) is 1.78. The van der Waals surface area contributed by atoms with E-state index >= 15 is 0 Å². The van der Waals surface area contributed by atoms with Crippen LogP contribution in [0.4, 0.5) is 0 Å². The molecule has 5 heteroatoms. The number of hydrogen-bond donors (Lipinski definition) is 1. The van der Waals surface area contributed by atoms with Gasteiger partial charge in [-0.2, -0.15) is 4.31 Å². The van der Waals surface area contributed by atoms with Crippen molar-refractivity contribution in [2.24, 2.45) is 5.92 Å². The first kappa shape index (κ1) is 8.47. The SMILES string of the molecule is CC1CN(C2CNC2)S(=O)(=O)C1. The Morgan fingerprint density at radius 1 is 1.42 bits per heavy atom. The second-order valence-corrected chi connectivity index (χ2v) is 5.73. The Bertz CT molecular complexity index is 271. The summed E-state index contributed by atoms with van der Waals surface area (Å²) in [5.74, 6) is 0.638. The molecule has 2 heterocycles. The van der Waals surface area contributed by atoms with E-state index in [-0.39, 0.29) is 6.04 Å². The van der Waals surface area contributed by atoms with Gasteiger partial charge < -0.3 is 5.32 Å². The monoisotopic (exact) mass is 190 g/mol. The van der Waals surface area contributed by atoms with Gasteiger partial charge in [-0.15, -0.1) is 0 Å². The van der Waals surface area contributed by atoms with Crippen molar-refractivity contribution < 1.29 is 8.42 Å². The van der Waals surface area contributed by atoms with Crippen molar-refractivity contribution >= 4 is 10.0 Å². The molecule has 4 nitrogen and oxygen atoms in total. The smallest absolute Gasteiger partial charge is 0.214 e. The van der Waals surface area contributed by atoms with Gasteiger partial charge in [0.05, 0.1) is 5.75 Å². The Morgan fingerprint density at radius 3 is 2.42 bits per heavy atom. The molecule has 0 amide bonds. The molecular formula is C7H14N2O2S. The van der Waals surface area contributed by atoms with Crippen LogP contribution in [0.5, 0.6) is 0 Å². The summed E-state index contributed by atoms with van der Waals surface area (Å²) in [4.78, 5) is 0. The molecule has 12 heavy (non-hydrogen) atoms. The lowest BCUT2D eigenvalue weighted by Gasteiger charge is -2.34. The highest BCUT2D eigenvalue weighted by Gasteiger charge is 2.40. The lowest BCUT2D eigenvalue weighted by molar-refractivity contribution is 0.244. The van der Waals surface area contributed by atoms with Crippen molar-refractivity contribution in [1.82, 2.24) is 9.62 Å². The molecule has 2 rings (SSSR count). The van der Waals surface area contributed by atoms with Crippen LogP contribution in [0.2, 0.25) is 0 Å². The standard InChI is InChI=1S/C7H14N2O2S/c1-6-4-9(7-2-8-3-7)12(10,11)5-6/h6-8H,2-5H2,1H3. The van der Waals surface area contributed by atoms with Gasteiger partial charge in [-0.05, 0) is 5.92 Å². The third-order valence-corrected chi connectivity index (χ3v) is 4.66. The Kier molecular flexibility index (Phi) is 1.89. The summed E-state index contributed by atoms with van der Waals surface area (Å²) in [6.45, 7) is 4.36. The topological polar surface area (TPSA) is 49.4 Å². The summed E-state index contributed by atoms with van der Waals surface area (Å²) in [5, 5.41) is 3.08. The third-order valence-electron chi connectivity index (χ3n) is 2.51. The van der Waals surface area contributed by atoms with Crippen LogP contribution >= 0.6 is 0 Å². The maximum absolute atomic E-state index is 11.5. The third kappa shape index (κ3) is 1.26. The van der Waals surface area contributed by atoms with Crippen molar-refractivity contribution in [3.05, 3.63) is 0 Å². The zero-order chi connectivity index (χ0) is 8.77. The Labute approximate surface area is 73.0 Å². The van der Waals surface area contributed by atoms with Crippen LogP contribution in [-0.2, 0) is 10.0 Å². The summed E-state index contributed by atoms with van der Waals surface area (Å²) in [6.07, 6.45) is 0. The highest BCUT2D eigenvalue weighted by molar-refractivity contribution is 7.89. The maximum Gasteiger partial charge on any atom is 0.214 e. The van der Waals surface area contributed by atoms with Crippen molar-refractivity contribution in [2.75, 3.05) is 25.4 Å². The van der Waals surface area contributed by atoms with Crippen molar-refractivity contribution in [2.45, 2.75) is 13.0 Å². The van der Waals surface area contributed by atoms with Crippen LogP contribution in [0.25, 0.3) is 0 Å². The Morgan fingerprint density at radius 2 is 2.08 bits per heavy atom. The largest absolute Gasteiger partial charge is 0.313 e. The van der Waals surface area contributed by atoms with E-state index in [0.717, 1.165) is 13.1 Å². The molecule has 0 aromatic heterocycles. The van der Waals surface area contributed by atoms with Gasteiger partial charge in [0.25, 0.3) is 0 Å². The summed E-state index contributed by atoms with van der Waals surface area (Å²) in [7, 11) is -2.90. The zero-order valence-electron chi connectivity index (χ0n) is 7.16. The minimum Gasteiger partial charge on any atom is -0.313 e. The first-order chi connectivity index (χ1) is 5.59. The van der Waals surface area contributed by atoms with E-state index in [1.54, 1.807) is 4.31 Å². The van der Waals surface area contributed by atoms with E-state index in [4.69, 9.17) is 0 Å². The molecule has 0 bridgehead atoms. The van der Waals surface area contributed by atoms with E-state index in [1.807, 2.05) is 6.92 Å². The lowest BCUT2D eigenvalue weighted by Crippen LogP contribution is -2.57. The molecule has 2 aliphatic rings. The van der Waals surface area contributed by atoms with Crippen LogP contribution in [-0.4, -0.2) is 44.2 Å². The Hall–Kier alpha value is -0.130. The van der Waals surface area contributed by atoms with Gasteiger partial charge in [0.1, 0.15) is 0 Å². The zero-order valence-corrected chi connectivity index (χ0v) is 7.97. The first-order valence-corrected chi connectivity index (χ1v) is 5.91. The molecule has 1 atom stereocenters. The van der Waals surface area contributed by atoms with Crippen molar-refractivity contribution in [3.63, 3.8) is 0 Å². The fourth-order valence-corrected chi connectivity index (χ4v) is 3.88. The van der Waals surface area contributed by atoms with Gasteiger partial charge in [0.15, 0.2) is 0 Å². The van der Waals surface area contributed by atoms with Crippen LogP contribution in [0.15, 0.2) is 0 Å². The van der Waals surface area contributed by atoms with E-state index < -0.39 is 10.0 Å². The van der Waals surface area contributed by atoms with E-state index in [0.29, 0.717) is 18.2 Å². The van der Waals surface area contributed by atoms with Crippen LogP contribution < -0.4 is 5.32 Å². The second kappa shape index (κ2) is 2.68. The fraction of sp³-hybridized carbons (Fsp3) is 1.00. The molecule has 0 spiro atoms. The predicted molar refractivity (Wildman–Crippen MR) is 46.3 cm³/mol. The summed E-state index contributed by atoms with van der Waals surface area (Å²) in [6, 6.07) is 0.236. The molecular weight excluding hydrogens is 176 g/mol. The molecule has 2 fully saturated rings. The Balaban J connectivity index is 2.14. The molecule has 1 unspecified atom stereocenters. The normalized spacial score (nSPS) is 36.6. The average molecular weight is 190 g/mol. The molecule has 2 saturated heterocycles. The molecule has 0 aromatic carbocycles. The van der Waals surface area contributed by atoms with E-state index in [9.17, 15) is 8.42 Å². The highest BCUT2D eigenvalue weighted by atomic mass is 32.2. The molecule has 2 aliphatic heterocycles. The molecule has 0 radical (unpaired) electrons. The number of rotatable bonds is 1. The molecule has 70 valence electrons. The van der Waals surface area contributed by atoms with Gasteiger partial charge in [0, 0.05) is 25.7 Å². The van der Waals surface area contributed by atoms with Crippen LogP contribution in [0.1, 0.15) is 6.92 Å². The van der Waals surface area contributed by atoms with Crippen LogP contribution in [0.3, 0.4) is 0 Å². The van der Waals surface area contributed by atoms with Crippen molar-refractivity contribution in [3.8, 4) is 0 Å². The summed E-state index contributed by atoms with van der Waals surface area (Å²) >= 11 is 0. The van der Waals surface area contributed by atoms with E-state index in [2.05, 4.69) is 5.32 Å². The minimum absolute atomic E-state index is 0.236. The lowest BCUT2D eigenvalue weighted by atomic mass is 10.1. The van der Waals surface area contributed by atoms with Crippen molar-refractivity contribution in [1.29, 1.82) is 0 Å². The predicted octanol–water partition coefficient (Wildman–Crippen LogP) is -0.760. The number of hydrogen-bond acceptors (Lipinski definition) is 3. The van der Waals surface area contributed by atoms with Gasteiger partial charge in [-0.3, -0.25) is 0 Å². The van der Waals surface area contributed by atoms with Crippen LogP contribution in [0, 0.1) is 5.92 Å². The molecule has 0 aromatic rings. The summed E-state index contributed by atoms with van der Waals surface area (Å²) in [5.41, 5.74) is 0.